The highest BCUT2D eigenvalue weighted by Gasteiger charge is 2.18. The molecule has 8 heteroatoms. The summed E-state index contributed by atoms with van der Waals surface area (Å²) in [5.41, 5.74) is 0.959. The van der Waals surface area contributed by atoms with Gasteiger partial charge in [0.05, 0.1) is 12.8 Å². The number of rotatable bonds is 6. The predicted molar refractivity (Wildman–Crippen MR) is 93.6 cm³/mol. The van der Waals surface area contributed by atoms with Gasteiger partial charge in [-0.1, -0.05) is 12.1 Å². The Labute approximate surface area is 153 Å². The van der Waals surface area contributed by atoms with E-state index in [1.165, 1.54) is 37.5 Å². The van der Waals surface area contributed by atoms with Crippen molar-refractivity contribution in [2.24, 2.45) is 0 Å². The minimum atomic E-state index is -3.03. The van der Waals surface area contributed by atoms with Gasteiger partial charge in [0.2, 0.25) is 0 Å². The molecule has 0 bridgehead atoms. The van der Waals surface area contributed by atoms with E-state index in [9.17, 15) is 18.4 Å². The van der Waals surface area contributed by atoms with E-state index in [0.29, 0.717) is 17.0 Å². The van der Waals surface area contributed by atoms with Crippen molar-refractivity contribution in [3.63, 3.8) is 0 Å². The first-order valence-electron chi connectivity index (χ1n) is 7.89. The van der Waals surface area contributed by atoms with Gasteiger partial charge in [-0.05, 0) is 36.4 Å². The largest absolute Gasteiger partial charge is 0.493 e. The van der Waals surface area contributed by atoms with E-state index in [1.54, 1.807) is 18.2 Å². The molecule has 1 aliphatic rings. The summed E-state index contributed by atoms with van der Waals surface area (Å²) in [7, 11) is 1.33. The first kappa shape index (κ1) is 18.4. The SMILES string of the molecule is COc1cccc(/C=C/C(=O)c2ccc3c(c2)NC(=O)CO3)c1OC(F)F. The molecule has 0 atom stereocenters. The lowest BCUT2D eigenvalue weighted by molar-refractivity contribution is -0.118. The maximum atomic E-state index is 12.7. The van der Waals surface area contributed by atoms with Crippen LogP contribution in [0.25, 0.3) is 6.08 Å². The number of hydrogen-bond donors (Lipinski definition) is 1. The Morgan fingerprint density at radius 1 is 1.30 bits per heavy atom. The van der Waals surface area contributed by atoms with Gasteiger partial charge in [-0.25, -0.2) is 0 Å². The summed E-state index contributed by atoms with van der Waals surface area (Å²) >= 11 is 0. The minimum absolute atomic E-state index is 0.0804. The molecule has 0 aliphatic carbocycles. The van der Waals surface area contributed by atoms with E-state index in [-0.39, 0.29) is 35.4 Å². The third-order valence-corrected chi connectivity index (χ3v) is 3.75. The molecular weight excluding hydrogens is 360 g/mol. The maximum Gasteiger partial charge on any atom is 0.387 e. The Hall–Kier alpha value is -3.42. The molecule has 140 valence electrons. The molecule has 0 spiro atoms. The Morgan fingerprint density at radius 2 is 2.11 bits per heavy atom. The number of halogens is 2. The van der Waals surface area contributed by atoms with Gasteiger partial charge in [0.1, 0.15) is 5.75 Å². The average Bonchev–Trinajstić information content (AvgIpc) is 2.65. The highest BCUT2D eigenvalue weighted by Crippen LogP contribution is 2.33. The van der Waals surface area contributed by atoms with Crippen LogP contribution in [0.4, 0.5) is 14.5 Å². The third-order valence-electron chi connectivity index (χ3n) is 3.75. The van der Waals surface area contributed by atoms with Crippen molar-refractivity contribution in [2.45, 2.75) is 6.61 Å². The first-order valence-corrected chi connectivity index (χ1v) is 7.89. The van der Waals surface area contributed by atoms with Gasteiger partial charge in [-0.2, -0.15) is 8.78 Å². The van der Waals surface area contributed by atoms with Crippen LogP contribution in [0.1, 0.15) is 15.9 Å². The summed E-state index contributed by atoms with van der Waals surface area (Å²) in [6.07, 6.45) is 2.58. The number of nitrogens with one attached hydrogen (secondary N) is 1. The van der Waals surface area contributed by atoms with E-state index in [2.05, 4.69) is 10.1 Å². The van der Waals surface area contributed by atoms with Gasteiger partial charge in [0.25, 0.3) is 5.91 Å². The number of anilines is 1. The number of ether oxygens (including phenoxy) is 3. The van der Waals surface area contributed by atoms with Gasteiger partial charge < -0.3 is 19.5 Å². The number of amides is 1. The van der Waals surface area contributed by atoms with Crippen LogP contribution in [0.15, 0.2) is 42.5 Å². The second-order valence-electron chi connectivity index (χ2n) is 5.50. The zero-order chi connectivity index (χ0) is 19.4. The fourth-order valence-electron chi connectivity index (χ4n) is 2.54. The molecule has 0 radical (unpaired) electrons. The van der Waals surface area contributed by atoms with E-state index in [1.807, 2.05) is 0 Å². The van der Waals surface area contributed by atoms with E-state index < -0.39 is 6.61 Å². The van der Waals surface area contributed by atoms with Crippen molar-refractivity contribution in [1.29, 1.82) is 0 Å². The Balaban J connectivity index is 1.85. The summed E-state index contributed by atoms with van der Waals surface area (Å²) in [6.45, 7) is -3.11. The lowest BCUT2D eigenvalue weighted by atomic mass is 10.1. The van der Waals surface area contributed by atoms with E-state index in [0.717, 1.165) is 0 Å². The summed E-state index contributed by atoms with van der Waals surface area (Å²) < 4.78 is 40.1. The van der Waals surface area contributed by atoms with E-state index in [4.69, 9.17) is 9.47 Å². The molecular formula is C19H15F2NO5. The predicted octanol–water partition coefficient (Wildman–Crippen LogP) is 3.52. The number of para-hydroxylation sites is 1. The van der Waals surface area contributed by atoms with Crippen LogP contribution in [-0.2, 0) is 4.79 Å². The molecule has 0 fully saturated rings. The minimum Gasteiger partial charge on any atom is -0.493 e. The van der Waals surface area contributed by atoms with Crippen molar-refractivity contribution in [3.8, 4) is 17.2 Å². The van der Waals surface area contributed by atoms with Crippen LogP contribution in [0.2, 0.25) is 0 Å². The molecule has 1 amide bonds. The molecule has 27 heavy (non-hydrogen) atoms. The Bertz CT molecular complexity index is 911. The van der Waals surface area contributed by atoms with E-state index >= 15 is 0 Å². The zero-order valence-corrected chi connectivity index (χ0v) is 14.2. The maximum absolute atomic E-state index is 12.7. The standard InChI is InChI=1S/C19H15F2NO5/c1-25-16-4-2-3-11(18(16)27-19(20)21)5-7-14(23)12-6-8-15-13(9-12)22-17(24)10-26-15/h2-9,19H,10H2,1H3,(H,22,24)/b7-5+. The molecule has 0 unspecified atom stereocenters. The molecule has 1 N–H and O–H groups in total. The second-order valence-corrected chi connectivity index (χ2v) is 5.50. The van der Waals surface area contributed by atoms with Crippen molar-refractivity contribution in [2.75, 3.05) is 19.0 Å². The van der Waals surface area contributed by atoms with Crippen molar-refractivity contribution in [1.82, 2.24) is 0 Å². The summed E-state index contributed by atoms with van der Waals surface area (Å²) in [4.78, 5) is 23.8. The summed E-state index contributed by atoms with van der Waals surface area (Å²) in [5.74, 6) is -0.268. The number of hydrogen-bond acceptors (Lipinski definition) is 5. The number of allylic oxidation sites excluding steroid dienone is 1. The number of ketones is 1. The fraction of sp³-hybridized carbons (Fsp3) is 0.158. The highest BCUT2D eigenvalue weighted by atomic mass is 19.3. The summed E-state index contributed by atoms with van der Waals surface area (Å²) in [6, 6.07) is 9.19. The van der Waals surface area contributed by atoms with Crippen molar-refractivity contribution < 1.29 is 32.6 Å². The van der Waals surface area contributed by atoms with Gasteiger partial charge in [-0.3, -0.25) is 9.59 Å². The fourth-order valence-corrected chi connectivity index (χ4v) is 2.54. The second kappa shape index (κ2) is 7.86. The number of alkyl halides is 2. The lowest BCUT2D eigenvalue weighted by Gasteiger charge is -2.18. The lowest BCUT2D eigenvalue weighted by Crippen LogP contribution is -2.25. The van der Waals surface area contributed by atoms with Crippen molar-refractivity contribution in [3.05, 3.63) is 53.6 Å². The van der Waals surface area contributed by atoms with Gasteiger partial charge in [0, 0.05) is 11.1 Å². The smallest absolute Gasteiger partial charge is 0.387 e. The molecule has 6 nitrogen and oxygen atoms in total. The monoisotopic (exact) mass is 375 g/mol. The Kier molecular flexibility index (Phi) is 5.35. The Morgan fingerprint density at radius 3 is 2.85 bits per heavy atom. The number of benzene rings is 2. The van der Waals surface area contributed by atoms with Crippen LogP contribution in [-0.4, -0.2) is 32.0 Å². The van der Waals surface area contributed by atoms with Gasteiger partial charge >= 0.3 is 6.61 Å². The number of carbonyl (C=O) groups excluding carboxylic acids is 2. The average molecular weight is 375 g/mol. The zero-order valence-electron chi connectivity index (χ0n) is 14.2. The van der Waals surface area contributed by atoms with Crippen LogP contribution < -0.4 is 19.5 Å². The van der Waals surface area contributed by atoms with Crippen molar-refractivity contribution >= 4 is 23.5 Å². The number of methoxy groups -OCH3 is 1. The number of fused-ring (bicyclic) bond motifs is 1. The molecule has 2 aromatic carbocycles. The molecule has 1 aliphatic heterocycles. The molecule has 0 saturated carbocycles. The molecule has 3 rings (SSSR count). The summed E-state index contributed by atoms with van der Waals surface area (Å²) in [5, 5.41) is 2.61. The van der Waals surface area contributed by atoms with Gasteiger partial charge in [0.15, 0.2) is 23.9 Å². The molecule has 1 heterocycles. The number of carbonyl (C=O) groups is 2. The first-order chi connectivity index (χ1) is 13.0. The van der Waals surface area contributed by atoms with Crippen LogP contribution in [0, 0.1) is 0 Å². The molecule has 0 aromatic heterocycles. The molecule has 0 saturated heterocycles. The topological polar surface area (TPSA) is 73.9 Å². The van der Waals surface area contributed by atoms with Crippen LogP contribution in [0.5, 0.6) is 17.2 Å². The normalized spacial score (nSPS) is 13.1. The third kappa shape index (κ3) is 4.22. The molecule has 2 aromatic rings. The van der Waals surface area contributed by atoms with Gasteiger partial charge in [-0.15, -0.1) is 0 Å². The highest BCUT2D eigenvalue weighted by molar-refractivity contribution is 6.08. The van der Waals surface area contributed by atoms with Crippen LogP contribution in [0.3, 0.4) is 0 Å². The quantitative estimate of drug-likeness (QED) is 0.618. The van der Waals surface area contributed by atoms with Crippen LogP contribution >= 0.6 is 0 Å².